The molecule has 0 fully saturated rings. The number of rotatable bonds is 4. The van der Waals surface area contributed by atoms with Gasteiger partial charge in [-0.25, -0.2) is 15.0 Å². The van der Waals surface area contributed by atoms with Gasteiger partial charge in [0.25, 0.3) is 0 Å². The van der Waals surface area contributed by atoms with Crippen LogP contribution < -0.4 is 40.2 Å². The van der Waals surface area contributed by atoms with Crippen LogP contribution in [0.15, 0.2) is 203 Å². The first-order chi connectivity index (χ1) is 29.0. The minimum absolute atomic E-state index is 0. The van der Waals surface area contributed by atoms with E-state index in [2.05, 4.69) is 120 Å². The Labute approximate surface area is 409 Å². The SMILES string of the molecule is Brc1ccc(Nc2c3ccccc3nc3ccccc23)cc1.Brc1ccc(Nc2c3ccccc3nc3ccccc23)cc1.Cl.Clc1c2ccccc2nc2ccccc12.[Na+].[OH-]. The van der Waals surface area contributed by atoms with Gasteiger partial charge in [0.2, 0.25) is 0 Å². The van der Waals surface area contributed by atoms with Crippen LogP contribution >= 0.6 is 55.9 Å². The molecule has 11 aromatic rings. The molecule has 6 nitrogen and oxygen atoms in total. The number of halogens is 4. The van der Waals surface area contributed by atoms with Crippen LogP contribution in [0.5, 0.6) is 0 Å². The molecule has 8 aromatic carbocycles. The van der Waals surface area contributed by atoms with Crippen LogP contribution in [0.1, 0.15) is 0 Å². The normalized spacial score (nSPS) is 10.4. The molecule has 0 unspecified atom stereocenters. The van der Waals surface area contributed by atoms with Crippen LogP contribution in [0.2, 0.25) is 5.02 Å². The van der Waals surface area contributed by atoms with E-state index in [1.807, 2.05) is 121 Å². The summed E-state index contributed by atoms with van der Waals surface area (Å²) in [5.41, 5.74) is 10.2. The van der Waals surface area contributed by atoms with Gasteiger partial charge in [-0.1, -0.05) is 153 Å². The fourth-order valence-corrected chi connectivity index (χ4v) is 7.94. The van der Waals surface area contributed by atoms with Crippen LogP contribution in [0.4, 0.5) is 22.7 Å². The maximum atomic E-state index is 6.33. The van der Waals surface area contributed by atoms with Gasteiger partial charge in [0.15, 0.2) is 0 Å². The predicted octanol–water partition coefficient (Wildman–Crippen LogP) is 13.1. The van der Waals surface area contributed by atoms with Crippen molar-refractivity contribution in [2.45, 2.75) is 0 Å². The minimum Gasteiger partial charge on any atom is -0.870 e. The third-order valence-electron chi connectivity index (χ3n) is 9.92. The fourth-order valence-electron chi connectivity index (χ4n) is 7.09. The molecule has 3 heterocycles. The van der Waals surface area contributed by atoms with Crippen LogP contribution in [0.25, 0.3) is 65.4 Å². The maximum Gasteiger partial charge on any atom is 1.00 e. The molecule has 3 aromatic heterocycles. The number of pyridine rings is 3. The summed E-state index contributed by atoms with van der Waals surface area (Å²) in [6.07, 6.45) is 0. The molecule has 0 spiro atoms. The van der Waals surface area contributed by atoms with Gasteiger partial charge in [-0.2, -0.15) is 0 Å². The second-order valence-corrected chi connectivity index (χ2v) is 16.0. The number of nitrogens with one attached hydrogen (secondary N) is 2. The topological polar surface area (TPSA) is 92.7 Å². The van der Waals surface area contributed by atoms with Crippen molar-refractivity contribution >= 4 is 144 Å². The Morgan fingerprint density at radius 3 is 0.839 bits per heavy atom. The molecule has 3 N–H and O–H groups in total. The first-order valence-corrected chi connectivity index (χ1v) is 21.0. The molecule has 0 aliphatic heterocycles. The van der Waals surface area contributed by atoms with Gasteiger partial charge < -0.3 is 16.1 Å². The number of fused-ring (bicyclic) bond motifs is 6. The van der Waals surface area contributed by atoms with E-state index in [0.29, 0.717) is 0 Å². The molecule has 0 saturated carbocycles. The quantitative estimate of drug-likeness (QED) is 0.135. The van der Waals surface area contributed by atoms with E-state index in [9.17, 15) is 0 Å². The summed E-state index contributed by atoms with van der Waals surface area (Å²) < 4.78 is 2.14. The van der Waals surface area contributed by atoms with Gasteiger partial charge >= 0.3 is 29.6 Å². The molecule has 0 bridgehead atoms. The summed E-state index contributed by atoms with van der Waals surface area (Å²) in [5, 5.41) is 14.4. The van der Waals surface area contributed by atoms with Crippen LogP contribution in [0, 0.1) is 0 Å². The average molecular weight is 989 g/mol. The minimum atomic E-state index is 0. The van der Waals surface area contributed by atoms with Gasteiger partial charge in [-0.3, -0.25) is 0 Å². The Morgan fingerprint density at radius 2 is 0.565 bits per heavy atom. The number of hydrogen-bond donors (Lipinski definition) is 2. The Balaban J connectivity index is 0.000000154. The molecule has 62 heavy (non-hydrogen) atoms. The Morgan fingerprint density at radius 1 is 0.339 bits per heavy atom. The zero-order valence-corrected chi connectivity index (χ0v) is 40.1. The second-order valence-electron chi connectivity index (χ2n) is 13.8. The molecule has 0 aliphatic rings. The van der Waals surface area contributed by atoms with Gasteiger partial charge in [0.1, 0.15) is 0 Å². The fraction of sp³-hybridized carbons (Fsp3) is 0. The zero-order chi connectivity index (χ0) is 40.1. The Bertz CT molecular complexity index is 2960. The summed E-state index contributed by atoms with van der Waals surface area (Å²) in [5.74, 6) is 0. The molecular formula is C51H36Br2Cl2N5NaO. The Hall–Kier alpha value is -5.13. The van der Waals surface area contributed by atoms with Crippen molar-refractivity contribution in [2.75, 3.05) is 10.6 Å². The zero-order valence-electron chi connectivity index (χ0n) is 33.3. The molecule has 0 radical (unpaired) electrons. The molecule has 11 heteroatoms. The first kappa shape index (κ1) is 46.4. The number of hydrogen-bond acceptors (Lipinski definition) is 6. The third kappa shape index (κ3) is 10.2. The number of para-hydroxylation sites is 6. The average Bonchev–Trinajstić information content (AvgIpc) is 3.28. The van der Waals surface area contributed by atoms with E-state index in [4.69, 9.17) is 21.6 Å². The summed E-state index contributed by atoms with van der Waals surface area (Å²) >= 11 is 13.3. The van der Waals surface area contributed by atoms with Gasteiger partial charge in [0.05, 0.1) is 49.5 Å². The summed E-state index contributed by atoms with van der Waals surface area (Å²) in [6.45, 7) is 0. The van der Waals surface area contributed by atoms with Gasteiger partial charge in [-0.05, 0) is 84.9 Å². The predicted molar refractivity (Wildman–Crippen MR) is 267 cm³/mol. The van der Waals surface area contributed by atoms with E-state index >= 15 is 0 Å². The van der Waals surface area contributed by atoms with Crippen LogP contribution in [-0.4, -0.2) is 20.4 Å². The van der Waals surface area contributed by atoms with Gasteiger partial charge in [-0.15, -0.1) is 12.4 Å². The van der Waals surface area contributed by atoms with Crippen molar-refractivity contribution in [3.63, 3.8) is 0 Å². The van der Waals surface area contributed by atoms with E-state index in [1.165, 1.54) is 0 Å². The number of anilines is 4. The van der Waals surface area contributed by atoms with E-state index in [-0.39, 0.29) is 47.4 Å². The van der Waals surface area contributed by atoms with Crippen molar-refractivity contribution < 1.29 is 35.0 Å². The summed E-state index contributed by atoms with van der Waals surface area (Å²) in [4.78, 5) is 14.0. The maximum absolute atomic E-state index is 6.33. The van der Waals surface area contributed by atoms with Crippen LogP contribution in [0.3, 0.4) is 0 Å². The molecule has 0 amide bonds. The van der Waals surface area contributed by atoms with Crippen molar-refractivity contribution in [2.24, 2.45) is 0 Å². The largest absolute Gasteiger partial charge is 1.00 e. The van der Waals surface area contributed by atoms with Crippen molar-refractivity contribution in [1.82, 2.24) is 15.0 Å². The summed E-state index contributed by atoms with van der Waals surface area (Å²) in [7, 11) is 0. The standard InChI is InChI=1S/2C19H13BrN2.C13H8ClN.ClH.Na.H2O/c2*20-13-9-11-14(12-10-13)21-19-15-5-1-3-7-17(15)22-18-8-4-2-6-16(18)19;14-13-9-5-1-3-7-11(9)15-12-8-4-2-6-10(12)13;;;/h2*1-12H,(H,21,22);1-8H;1H;;1H2/q;;;;+1;/p-1. The van der Waals surface area contributed by atoms with E-state index < -0.39 is 0 Å². The molecule has 300 valence electrons. The van der Waals surface area contributed by atoms with Gasteiger partial charge in [0, 0.05) is 52.6 Å². The second kappa shape index (κ2) is 21.3. The third-order valence-corrected chi connectivity index (χ3v) is 11.4. The molecule has 11 rings (SSSR count). The van der Waals surface area contributed by atoms with Crippen LogP contribution in [-0.2, 0) is 0 Å². The number of aromatic nitrogens is 3. The number of benzene rings is 8. The number of nitrogens with zero attached hydrogens (tertiary/aromatic N) is 3. The van der Waals surface area contributed by atoms with E-state index in [1.54, 1.807) is 0 Å². The first-order valence-electron chi connectivity index (χ1n) is 19.0. The molecule has 0 atom stereocenters. The summed E-state index contributed by atoms with van der Waals surface area (Å²) in [6, 6.07) is 65.2. The van der Waals surface area contributed by atoms with E-state index in [0.717, 1.165) is 102 Å². The van der Waals surface area contributed by atoms with Crippen molar-refractivity contribution in [3.8, 4) is 0 Å². The molecule has 0 saturated heterocycles. The Kier molecular flexibility index (Phi) is 15.9. The monoisotopic (exact) mass is 985 g/mol. The molecule has 0 aliphatic carbocycles. The molecular weight excluding hydrogens is 952 g/mol. The van der Waals surface area contributed by atoms with Crippen molar-refractivity contribution in [3.05, 3.63) is 208 Å². The van der Waals surface area contributed by atoms with Crippen molar-refractivity contribution in [1.29, 1.82) is 0 Å². The smallest absolute Gasteiger partial charge is 0.870 e.